The van der Waals surface area contributed by atoms with Gasteiger partial charge in [-0.2, -0.15) is 4.98 Å². The van der Waals surface area contributed by atoms with E-state index in [1.165, 1.54) is 0 Å². The van der Waals surface area contributed by atoms with E-state index in [2.05, 4.69) is 20.6 Å². The Balaban J connectivity index is 2.92. The first kappa shape index (κ1) is 15.1. The first-order valence-corrected chi connectivity index (χ1v) is 6.09. The van der Waals surface area contributed by atoms with E-state index in [0.717, 1.165) is 6.42 Å². The van der Waals surface area contributed by atoms with Gasteiger partial charge >= 0.3 is 5.69 Å². The molecule has 8 heteroatoms. The molecule has 0 radical (unpaired) electrons. The maximum absolute atomic E-state index is 11.0. The van der Waals surface area contributed by atoms with Crippen molar-refractivity contribution in [3.63, 3.8) is 0 Å². The summed E-state index contributed by atoms with van der Waals surface area (Å²) in [6, 6.07) is 0. The van der Waals surface area contributed by atoms with Gasteiger partial charge in [0, 0.05) is 26.8 Å². The molecule has 8 nitrogen and oxygen atoms in total. The van der Waals surface area contributed by atoms with Gasteiger partial charge < -0.3 is 15.4 Å². The topological polar surface area (TPSA) is 102 Å². The van der Waals surface area contributed by atoms with E-state index in [1.54, 1.807) is 14.0 Å². The van der Waals surface area contributed by atoms with Crippen molar-refractivity contribution < 1.29 is 9.66 Å². The fraction of sp³-hybridized carbons (Fsp3) is 0.636. The molecule has 1 aromatic heterocycles. The summed E-state index contributed by atoms with van der Waals surface area (Å²) < 4.78 is 4.92. The first-order chi connectivity index (χ1) is 9.10. The molecule has 0 saturated heterocycles. The minimum atomic E-state index is -0.469. The van der Waals surface area contributed by atoms with Gasteiger partial charge in [-0.05, 0) is 20.3 Å². The normalized spacial score (nSPS) is 10.3. The average Bonchev–Trinajstić information content (AvgIpc) is 2.34. The van der Waals surface area contributed by atoms with Gasteiger partial charge in [0.2, 0.25) is 11.8 Å². The molecule has 1 aromatic rings. The molecule has 106 valence electrons. The third kappa shape index (κ3) is 4.32. The number of nitrogens with one attached hydrogen (secondary N) is 2. The zero-order chi connectivity index (χ0) is 14.3. The van der Waals surface area contributed by atoms with E-state index in [1.807, 2.05) is 6.92 Å². The van der Waals surface area contributed by atoms with Crippen LogP contribution in [-0.4, -0.2) is 41.7 Å². The van der Waals surface area contributed by atoms with Gasteiger partial charge in [-0.3, -0.25) is 10.1 Å². The van der Waals surface area contributed by atoms with E-state index in [0.29, 0.717) is 31.3 Å². The van der Waals surface area contributed by atoms with Crippen LogP contribution in [0.4, 0.5) is 17.5 Å². The monoisotopic (exact) mass is 269 g/mol. The molecule has 19 heavy (non-hydrogen) atoms. The number of anilines is 2. The molecule has 0 aromatic carbocycles. The Hall–Kier alpha value is -1.96. The van der Waals surface area contributed by atoms with Crippen LogP contribution in [0.15, 0.2) is 0 Å². The molecule has 0 aliphatic rings. The number of hydrogen-bond acceptors (Lipinski definition) is 7. The number of nitrogens with zero attached hydrogens (tertiary/aromatic N) is 3. The van der Waals surface area contributed by atoms with Crippen LogP contribution in [-0.2, 0) is 4.74 Å². The summed E-state index contributed by atoms with van der Waals surface area (Å²) in [5, 5.41) is 16.9. The van der Waals surface area contributed by atoms with Crippen molar-refractivity contribution in [1.82, 2.24) is 9.97 Å². The molecule has 1 rings (SSSR count). The van der Waals surface area contributed by atoms with E-state index >= 15 is 0 Å². The Bertz CT molecular complexity index is 439. The number of aromatic nitrogens is 2. The van der Waals surface area contributed by atoms with Gasteiger partial charge in [0.1, 0.15) is 5.69 Å². The van der Waals surface area contributed by atoms with Crippen molar-refractivity contribution in [1.29, 1.82) is 0 Å². The minimum absolute atomic E-state index is 0.0842. The number of rotatable bonds is 8. The Kier molecular flexibility index (Phi) is 5.94. The zero-order valence-electron chi connectivity index (χ0n) is 11.4. The van der Waals surface area contributed by atoms with Crippen LogP contribution in [0.3, 0.4) is 0 Å². The maximum atomic E-state index is 11.0. The molecule has 0 unspecified atom stereocenters. The lowest BCUT2D eigenvalue weighted by atomic mass is 10.3. The zero-order valence-corrected chi connectivity index (χ0v) is 11.4. The van der Waals surface area contributed by atoms with E-state index in [-0.39, 0.29) is 11.5 Å². The minimum Gasteiger partial charge on any atom is -0.385 e. The lowest BCUT2D eigenvalue weighted by Crippen LogP contribution is -2.12. The molecule has 1 heterocycles. The van der Waals surface area contributed by atoms with Gasteiger partial charge in [0.05, 0.1) is 4.92 Å². The highest BCUT2D eigenvalue weighted by atomic mass is 16.6. The van der Waals surface area contributed by atoms with Crippen molar-refractivity contribution in [2.45, 2.75) is 20.3 Å². The Labute approximate surface area is 111 Å². The summed E-state index contributed by atoms with van der Waals surface area (Å²) in [7, 11) is 1.61. The van der Waals surface area contributed by atoms with Crippen LogP contribution in [0, 0.1) is 17.0 Å². The van der Waals surface area contributed by atoms with E-state index < -0.39 is 4.92 Å². The summed E-state index contributed by atoms with van der Waals surface area (Å²) in [6.07, 6.45) is 0.743. The highest BCUT2D eigenvalue weighted by molar-refractivity contribution is 5.60. The van der Waals surface area contributed by atoms with E-state index in [9.17, 15) is 10.1 Å². The third-order valence-corrected chi connectivity index (χ3v) is 2.39. The molecule has 0 saturated carbocycles. The predicted molar refractivity (Wildman–Crippen MR) is 72.6 cm³/mol. The van der Waals surface area contributed by atoms with Crippen molar-refractivity contribution >= 4 is 17.5 Å². The lowest BCUT2D eigenvalue weighted by Gasteiger charge is -2.09. The van der Waals surface area contributed by atoms with Crippen molar-refractivity contribution in [2.75, 3.05) is 37.4 Å². The molecule has 0 aliphatic heterocycles. The number of aryl methyl sites for hydroxylation is 1. The lowest BCUT2D eigenvalue weighted by molar-refractivity contribution is -0.385. The standard InChI is InChI=1S/C11H19N5O3/c1-4-12-11-14-8(2)9(16(17)18)10(15-11)13-6-5-7-19-3/h4-7H2,1-3H3,(H2,12,13,14,15). The van der Waals surface area contributed by atoms with Crippen LogP contribution >= 0.6 is 0 Å². The summed E-state index contributed by atoms with van der Waals surface area (Å²) in [6.45, 7) is 5.30. The largest absolute Gasteiger partial charge is 0.385 e. The fourth-order valence-electron chi connectivity index (χ4n) is 1.57. The fourth-order valence-corrected chi connectivity index (χ4v) is 1.57. The van der Waals surface area contributed by atoms with Gasteiger partial charge in [-0.1, -0.05) is 0 Å². The third-order valence-electron chi connectivity index (χ3n) is 2.39. The number of hydrogen-bond donors (Lipinski definition) is 2. The smallest absolute Gasteiger partial charge is 0.332 e. The van der Waals surface area contributed by atoms with Crippen LogP contribution in [0.25, 0.3) is 0 Å². The van der Waals surface area contributed by atoms with Crippen LogP contribution < -0.4 is 10.6 Å². The Morgan fingerprint density at radius 3 is 2.68 bits per heavy atom. The van der Waals surface area contributed by atoms with E-state index in [4.69, 9.17) is 4.74 Å². The van der Waals surface area contributed by atoms with Gasteiger partial charge in [-0.25, -0.2) is 4.98 Å². The summed E-state index contributed by atoms with van der Waals surface area (Å²) in [4.78, 5) is 18.8. The molecule has 0 atom stereocenters. The summed E-state index contributed by atoms with van der Waals surface area (Å²) in [5.41, 5.74) is 0.254. The second-order valence-corrected chi connectivity index (χ2v) is 3.89. The van der Waals surface area contributed by atoms with Gasteiger partial charge in [-0.15, -0.1) is 0 Å². The Morgan fingerprint density at radius 2 is 2.11 bits per heavy atom. The van der Waals surface area contributed by atoms with Crippen molar-refractivity contribution in [3.8, 4) is 0 Å². The number of ether oxygens (including phenoxy) is 1. The van der Waals surface area contributed by atoms with Crippen LogP contribution in [0.5, 0.6) is 0 Å². The predicted octanol–water partition coefficient (Wildman–Crippen LogP) is 1.57. The summed E-state index contributed by atoms with van der Waals surface area (Å²) in [5.74, 6) is 0.629. The molecule has 0 amide bonds. The number of nitro groups is 1. The highest BCUT2D eigenvalue weighted by Gasteiger charge is 2.21. The van der Waals surface area contributed by atoms with Crippen LogP contribution in [0.1, 0.15) is 19.0 Å². The van der Waals surface area contributed by atoms with Gasteiger partial charge in [0.25, 0.3) is 0 Å². The van der Waals surface area contributed by atoms with Gasteiger partial charge in [0.15, 0.2) is 0 Å². The van der Waals surface area contributed by atoms with Crippen molar-refractivity contribution in [3.05, 3.63) is 15.8 Å². The molecule has 2 N–H and O–H groups in total. The SMILES string of the molecule is CCNc1nc(C)c([N+](=O)[O-])c(NCCCOC)n1. The van der Waals surface area contributed by atoms with Crippen molar-refractivity contribution in [2.24, 2.45) is 0 Å². The molecule has 0 bridgehead atoms. The average molecular weight is 269 g/mol. The quantitative estimate of drug-likeness (QED) is 0.419. The molecular formula is C11H19N5O3. The molecule has 0 aliphatic carbocycles. The summed E-state index contributed by atoms with van der Waals surface area (Å²) >= 11 is 0. The highest BCUT2D eigenvalue weighted by Crippen LogP contribution is 2.26. The molecular weight excluding hydrogens is 250 g/mol. The van der Waals surface area contributed by atoms with Crippen LogP contribution in [0.2, 0.25) is 0 Å². The molecule has 0 spiro atoms. The second-order valence-electron chi connectivity index (χ2n) is 3.89. The second kappa shape index (κ2) is 7.47. The molecule has 0 fully saturated rings. The Morgan fingerprint density at radius 1 is 1.37 bits per heavy atom. The maximum Gasteiger partial charge on any atom is 0.332 e. The number of methoxy groups -OCH3 is 1. The first-order valence-electron chi connectivity index (χ1n) is 6.09.